The van der Waals surface area contributed by atoms with Gasteiger partial charge in [0, 0.05) is 0 Å². The van der Waals surface area contributed by atoms with E-state index in [0.717, 1.165) is 11.7 Å². The van der Waals surface area contributed by atoms with Gasteiger partial charge in [0.25, 0.3) is 0 Å². The molecule has 0 unspecified atom stereocenters. The van der Waals surface area contributed by atoms with Crippen LogP contribution in [-0.2, 0) is 0 Å². The third-order valence-corrected chi connectivity index (χ3v) is 3.02. The molecular weight excluding hydrogens is 192 g/mol. The van der Waals surface area contributed by atoms with E-state index in [1.165, 1.54) is 38.5 Å². The van der Waals surface area contributed by atoms with Gasteiger partial charge in [-0.15, -0.1) is 11.3 Å². The van der Waals surface area contributed by atoms with Crippen LogP contribution in [0.2, 0.25) is 0 Å². The van der Waals surface area contributed by atoms with Crippen LogP contribution in [0.3, 0.4) is 0 Å². The summed E-state index contributed by atoms with van der Waals surface area (Å²) >= 11 is 1.67. The maximum Gasteiger partial charge on any atom is 0.173 e. The zero-order chi connectivity index (χ0) is 10.1. The first-order valence-corrected chi connectivity index (χ1v) is 6.47. The molecule has 0 aliphatic rings. The second-order valence-corrected chi connectivity index (χ2v) is 4.46. The number of hydrogen-bond acceptors (Lipinski definition) is 2. The van der Waals surface area contributed by atoms with Gasteiger partial charge in [-0.2, -0.15) is 0 Å². The van der Waals surface area contributed by atoms with E-state index < -0.39 is 0 Å². The van der Waals surface area contributed by atoms with Crippen LogP contribution < -0.4 is 4.74 Å². The summed E-state index contributed by atoms with van der Waals surface area (Å²) in [6, 6.07) is 4.06. The van der Waals surface area contributed by atoms with Gasteiger partial charge >= 0.3 is 0 Å². The number of thiophene rings is 1. The van der Waals surface area contributed by atoms with Gasteiger partial charge in [-0.1, -0.05) is 39.0 Å². The highest BCUT2D eigenvalue weighted by Crippen LogP contribution is 2.18. The summed E-state index contributed by atoms with van der Waals surface area (Å²) in [6.45, 7) is 3.13. The Hall–Kier alpha value is -0.500. The molecule has 0 aliphatic carbocycles. The van der Waals surface area contributed by atoms with E-state index in [1.54, 1.807) is 11.3 Å². The van der Waals surface area contributed by atoms with Crippen molar-refractivity contribution in [2.75, 3.05) is 6.61 Å². The standard InChI is InChI=1S/C12H20OS/c1-2-3-4-5-6-7-10-13-12-9-8-11-14-12/h8-9,11H,2-7,10H2,1H3. The largest absolute Gasteiger partial charge is 0.484 e. The van der Waals surface area contributed by atoms with Gasteiger partial charge in [0.2, 0.25) is 0 Å². The predicted octanol–water partition coefficient (Wildman–Crippen LogP) is 4.49. The van der Waals surface area contributed by atoms with Crippen LogP contribution in [-0.4, -0.2) is 6.61 Å². The van der Waals surface area contributed by atoms with E-state index in [-0.39, 0.29) is 0 Å². The monoisotopic (exact) mass is 212 g/mol. The van der Waals surface area contributed by atoms with Gasteiger partial charge in [0.1, 0.15) is 0 Å². The lowest BCUT2D eigenvalue weighted by Crippen LogP contribution is -1.95. The Morgan fingerprint density at radius 1 is 1.14 bits per heavy atom. The smallest absolute Gasteiger partial charge is 0.173 e. The molecule has 0 fully saturated rings. The molecule has 14 heavy (non-hydrogen) atoms. The van der Waals surface area contributed by atoms with Crippen LogP contribution >= 0.6 is 11.3 Å². The second-order valence-electron chi connectivity index (χ2n) is 3.55. The van der Waals surface area contributed by atoms with E-state index in [1.807, 2.05) is 12.1 Å². The van der Waals surface area contributed by atoms with Gasteiger partial charge in [-0.05, 0) is 23.9 Å². The van der Waals surface area contributed by atoms with Crippen molar-refractivity contribution in [1.82, 2.24) is 0 Å². The average Bonchev–Trinajstić information content (AvgIpc) is 2.69. The summed E-state index contributed by atoms with van der Waals surface area (Å²) < 4.78 is 5.57. The highest BCUT2D eigenvalue weighted by atomic mass is 32.1. The van der Waals surface area contributed by atoms with Crippen LogP contribution in [0.15, 0.2) is 17.5 Å². The lowest BCUT2D eigenvalue weighted by Gasteiger charge is -2.02. The Bertz CT molecular complexity index is 206. The lowest BCUT2D eigenvalue weighted by molar-refractivity contribution is 0.313. The highest BCUT2D eigenvalue weighted by molar-refractivity contribution is 7.11. The minimum Gasteiger partial charge on any atom is -0.484 e. The molecule has 1 heterocycles. The van der Waals surface area contributed by atoms with E-state index in [0.29, 0.717) is 0 Å². The Labute approximate surface area is 91.1 Å². The lowest BCUT2D eigenvalue weighted by atomic mass is 10.1. The van der Waals surface area contributed by atoms with E-state index >= 15 is 0 Å². The molecule has 1 aromatic heterocycles. The summed E-state index contributed by atoms with van der Waals surface area (Å²) in [5, 5.41) is 3.11. The van der Waals surface area contributed by atoms with E-state index in [9.17, 15) is 0 Å². The molecule has 0 atom stereocenters. The van der Waals surface area contributed by atoms with Crippen molar-refractivity contribution in [3.05, 3.63) is 17.5 Å². The first kappa shape index (κ1) is 11.6. The van der Waals surface area contributed by atoms with E-state index in [2.05, 4.69) is 12.3 Å². The van der Waals surface area contributed by atoms with Crippen LogP contribution in [0.25, 0.3) is 0 Å². The maximum absolute atomic E-state index is 5.57. The highest BCUT2D eigenvalue weighted by Gasteiger charge is 1.93. The molecule has 0 bridgehead atoms. The minimum atomic E-state index is 0.882. The maximum atomic E-state index is 5.57. The van der Waals surface area contributed by atoms with Gasteiger partial charge in [-0.3, -0.25) is 0 Å². The van der Waals surface area contributed by atoms with Gasteiger partial charge in [0.15, 0.2) is 5.06 Å². The summed E-state index contributed by atoms with van der Waals surface area (Å²) in [5.74, 6) is 0. The molecule has 0 aliphatic heterocycles. The van der Waals surface area contributed by atoms with Crippen molar-refractivity contribution < 1.29 is 4.74 Å². The first-order chi connectivity index (χ1) is 6.93. The normalized spacial score (nSPS) is 10.4. The quantitative estimate of drug-likeness (QED) is 0.577. The van der Waals surface area contributed by atoms with Crippen molar-refractivity contribution >= 4 is 11.3 Å². The fraction of sp³-hybridized carbons (Fsp3) is 0.667. The molecule has 1 nitrogen and oxygen atoms in total. The summed E-state index contributed by atoms with van der Waals surface area (Å²) in [6.07, 6.45) is 7.96. The zero-order valence-electron chi connectivity index (χ0n) is 9.00. The summed E-state index contributed by atoms with van der Waals surface area (Å²) in [7, 11) is 0. The molecule has 0 aromatic carbocycles. The first-order valence-electron chi connectivity index (χ1n) is 5.60. The topological polar surface area (TPSA) is 9.23 Å². The molecule has 0 saturated heterocycles. The Kier molecular flexibility index (Phi) is 6.50. The molecule has 2 heteroatoms. The molecule has 80 valence electrons. The SMILES string of the molecule is CCCCCCCCOc1cccs1. The second kappa shape index (κ2) is 7.86. The zero-order valence-corrected chi connectivity index (χ0v) is 9.81. The molecule has 1 rings (SSSR count). The Balaban J connectivity index is 1.85. The average molecular weight is 212 g/mol. The van der Waals surface area contributed by atoms with Gasteiger partial charge in [-0.25, -0.2) is 0 Å². The molecular formula is C12H20OS. The number of unbranched alkanes of at least 4 members (excludes halogenated alkanes) is 5. The number of ether oxygens (including phenoxy) is 1. The van der Waals surface area contributed by atoms with Crippen LogP contribution in [0, 0.1) is 0 Å². The third kappa shape index (κ3) is 5.28. The van der Waals surface area contributed by atoms with E-state index in [4.69, 9.17) is 4.74 Å². The molecule has 0 N–H and O–H groups in total. The molecule has 1 aromatic rings. The van der Waals surface area contributed by atoms with Crippen molar-refractivity contribution in [2.45, 2.75) is 45.4 Å². The van der Waals surface area contributed by atoms with Crippen LogP contribution in [0.1, 0.15) is 45.4 Å². The van der Waals surface area contributed by atoms with Gasteiger partial charge < -0.3 is 4.74 Å². The Morgan fingerprint density at radius 3 is 2.64 bits per heavy atom. The summed E-state index contributed by atoms with van der Waals surface area (Å²) in [4.78, 5) is 0. The van der Waals surface area contributed by atoms with Gasteiger partial charge in [0.05, 0.1) is 6.61 Å². The Morgan fingerprint density at radius 2 is 1.93 bits per heavy atom. The summed E-state index contributed by atoms with van der Waals surface area (Å²) in [5.41, 5.74) is 0. The van der Waals surface area contributed by atoms with Crippen LogP contribution in [0.4, 0.5) is 0 Å². The fourth-order valence-electron chi connectivity index (χ4n) is 1.40. The molecule has 0 amide bonds. The number of rotatable bonds is 8. The van der Waals surface area contributed by atoms with Crippen molar-refractivity contribution in [2.24, 2.45) is 0 Å². The number of hydrogen-bond donors (Lipinski definition) is 0. The van der Waals surface area contributed by atoms with Crippen LogP contribution in [0.5, 0.6) is 5.06 Å². The fourth-order valence-corrected chi connectivity index (χ4v) is 2.00. The van der Waals surface area contributed by atoms with Crippen molar-refractivity contribution in [3.63, 3.8) is 0 Å². The molecule has 0 spiro atoms. The predicted molar refractivity (Wildman–Crippen MR) is 63.2 cm³/mol. The van der Waals surface area contributed by atoms with Crippen molar-refractivity contribution in [3.8, 4) is 5.06 Å². The molecule has 0 radical (unpaired) electrons. The molecule has 0 saturated carbocycles. The van der Waals surface area contributed by atoms with Crippen molar-refractivity contribution in [1.29, 1.82) is 0 Å². The third-order valence-electron chi connectivity index (χ3n) is 2.24. The minimum absolute atomic E-state index is 0.882.